The lowest BCUT2D eigenvalue weighted by molar-refractivity contribution is 0.101. The van der Waals surface area contributed by atoms with Crippen molar-refractivity contribution in [3.05, 3.63) is 71.7 Å². The van der Waals surface area contributed by atoms with Gasteiger partial charge in [0.25, 0.3) is 5.91 Å². The molecule has 1 saturated carbocycles. The van der Waals surface area contributed by atoms with Gasteiger partial charge in [-0.1, -0.05) is 13.3 Å². The van der Waals surface area contributed by atoms with Crippen LogP contribution in [-0.2, 0) is 0 Å². The average Bonchev–Trinajstić information content (AvgIpc) is 2.82. The fourth-order valence-electron chi connectivity index (χ4n) is 4.45. The molecule has 1 fully saturated rings. The lowest BCUT2D eigenvalue weighted by Gasteiger charge is -2.31. The Morgan fingerprint density at radius 3 is 2.79 bits per heavy atom. The van der Waals surface area contributed by atoms with Crippen LogP contribution in [0.5, 0.6) is 5.75 Å². The molecule has 1 amide bonds. The number of phenols is 1. The van der Waals surface area contributed by atoms with Crippen LogP contribution in [0.3, 0.4) is 0 Å². The Morgan fingerprint density at radius 1 is 1.15 bits per heavy atom. The molecule has 3 N–H and O–H groups in total. The lowest BCUT2D eigenvalue weighted by atomic mass is 9.81. The van der Waals surface area contributed by atoms with Crippen LogP contribution in [0.1, 0.15) is 54.6 Å². The van der Waals surface area contributed by atoms with E-state index < -0.39 is 23.2 Å². The van der Waals surface area contributed by atoms with Gasteiger partial charge in [0, 0.05) is 17.8 Å². The first-order chi connectivity index (χ1) is 16.0. The van der Waals surface area contributed by atoms with Crippen molar-refractivity contribution in [2.24, 2.45) is 0 Å². The second kappa shape index (κ2) is 10.0. The summed E-state index contributed by atoms with van der Waals surface area (Å²) in [6, 6.07) is 8.10. The van der Waals surface area contributed by atoms with E-state index in [1.165, 1.54) is 18.2 Å². The molecule has 33 heavy (non-hydrogen) atoms. The van der Waals surface area contributed by atoms with E-state index in [1.807, 2.05) is 6.07 Å². The van der Waals surface area contributed by atoms with Crippen molar-refractivity contribution in [1.29, 1.82) is 0 Å². The minimum absolute atomic E-state index is 0.0252. The Bertz CT molecular complexity index is 1150. The molecule has 0 spiro atoms. The van der Waals surface area contributed by atoms with Gasteiger partial charge in [-0.15, -0.1) is 0 Å². The molecular formula is C25H26F2N4O2. The highest BCUT2D eigenvalue weighted by atomic mass is 19.1. The number of benzene rings is 1. The first kappa shape index (κ1) is 22.8. The SMILES string of the molecule is CCNC1CCCC(c2ccncc2NC(=O)c2nc(-c3cc(O)ccc3F)ccc2F)C1. The second-order valence-corrected chi connectivity index (χ2v) is 8.23. The third-order valence-corrected chi connectivity index (χ3v) is 6.00. The number of pyridine rings is 2. The van der Waals surface area contributed by atoms with Gasteiger partial charge in [-0.25, -0.2) is 13.8 Å². The third kappa shape index (κ3) is 5.17. The summed E-state index contributed by atoms with van der Waals surface area (Å²) in [5, 5.41) is 15.9. The Morgan fingerprint density at radius 2 is 1.97 bits per heavy atom. The minimum Gasteiger partial charge on any atom is -0.508 e. The summed E-state index contributed by atoms with van der Waals surface area (Å²) >= 11 is 0. The molecule has 1 aliphatic rings. The molecule has 2 heterocycles. The van der Waals surface area contributed by atoms with Gasteiger partial charge in [-0.05, 0) is 73.7 Å². The van der Waals surface area contributed by atoms with Crippen LogP contribution in [-0.4, -0.2) is 33.6 Å². The lowest BCUT2D eigenvalue weighted by Crippen LogP contribution is -2.33. The zero-order valence-corrected chi connectivity index (χ0v) is 18.3. The number of nitrogens with one attached hydrogen (secondary N) is 2. The number of carbonyl (C=O) groups is 1. The molecule has 4 rings (SSSR count). The van der Waals surface area contributed by atoms with Gasteiger partial charge >= 0.3 is 0 Å². The molecule has 2 atom stereocenters. The van der Waals surface area contributed by atoms with Crippen molar-refractivity contribution >= 4 is 11.6 Å². The van der Waals surface area contributed by atoms with Crippen molar-refractivity contribution in [3.8, 4) is 17.0 Å². The molecule has 3 aromatic rings. The van der Waals surface area contributed by atoms with Crippen LogP contribution in [0.2, 0.25) is 0 Å². The molecule has 0 radical (unpaired) electrons. The number of hydrogen-bond acceptors (Lipinski definition) is 5. The Labute approximate surface area is 191 Å². The standard InChI is InChI=1S/C25H26F2N4O2/c1-2-29-16-5-3-4-15(12-16)18-10-11-28-14-23(18)31-25(33)24-21(27)8-9-22(30-24)19-13-17(32)6-7-20(19)26/h6-11,13-16,29,32H,2-5,12H2,1H3,(H,31,33). The molecule has 172 valence electrons. The summed E-state index contributed by atoms with van der Waals surface area (Å²) < 4.78 is 28.7. The van der Waals surface area contributed by atoms with Crippen LogP contribution in [0.15, 0.2) is 48.8 Å². The van der Waals surface area contributed by atoms with Crippen molar-refractivity contribution in [2.45, 2.75) is 44.6 Å². The maximum atomic E-state index is 14.5. The number of amides is 1. The van der Waals surface area contributed by atoms with Gasteiger partial charge in [0.2, 0.25) is 0 Å². The monoisotopic (exact) mass is 452 g/mol. The van der Waals surface area contributed by atoms with Gasteiger partial charge in [-0.3, -0.25) is 9.78 Å². The molecular weight excluding hydrogens is 426 g/mol. The summed E-state index contributed by atoms with van der Waals surface area (Å²) in [4.78, 5) is 21.2. The largest absolute Gasteiger partial charge is 0.508 e. The van der Waals surface area contributed by atoms with Gasteiger partial charge in [0.05, 0.1) is 17.6 Å². The second-order valence-electron chi connectivity index (χ2n) is 8.23. The van der Waals surface area contributed by atoms with Crippen molar-refractivity contribution in [1.82, 2.24) is 15.3 Å². The van der Waals surface area contributed by atoms with E-state index in [0.29, 0.717) is 11.7 Å². The molecule has 1 aromatic carbocycles. The highest BCUT2D eigenvalue weighted by Crippen LogP contribution is 2.36. The van der Waals surface area contributed by atoms with E-state index in [0.717, 1.165) is 49.9 Å². The van der Waals surface area contributed by atoms with Crippen LogP contribution >= 0.6 is 0 Å². The van der Waals surface area contributed by atoms with E-state index >= 15 is 0 Å². The predicted molar refractivity (Wildman–Crippen MR) is 122 cm³/mol. The summed E-state index contributed by atoms with van der Waals surface area (Å²) in [6.45, 7) is 2.98. The third-order valence-electron chi connectivity index (χ3n) is 6.00. The zero-order chi connectivity index (χ0) is 23.4. The van der Waals surface area contributed by atoms with E-state index in [1.54, 1.807) is 12.4 Å². The maximum Gasteiger partial charge on any atom is 0.277 e. The van der Waals surface area contributed by atoms with E-state index in [2.05, 4.69) is 27.5 Å². The molecule has 6 nitrogen and oxygen atoms in total. The van der Waals surface area contributed by atoms with Crippen molar-refractivity contribution in [3.63, 3.8) is 0 Å². The summed E-state index contributed by atoms with van der Waals surface area (Å²) in [5.41, 5.74) is 1.03. The number of anilines is 1. The fourth-order valence-corrected chi connectivity index (χ4v) is 4.45. The van der Waals surface area contributed by atoms with Gasteiger partial charge in [0.1, 0.15) is 11.6 Å². The molecule has 8 heteroatoms. The summed E-state index contributed by atoms with van der Waals surface area (Å²) in [5.74, 6) is -2.13. The van der Waals surface area contributed by atoms with Crippen LogP contribution in [0.25, 0.3) is 11.3 Å². The molecule has 0 aliphatic heterocycles. The van der Waals surface area contributed by atoms with Gasteiger partial charge in [-0.2, -0.15) is 0 Å². The quantitative estimate of drug-likeness (QED) is 0.489. The van der Waals surface area contributed by atoms with Crippen LogP contribution < -0.4 is 10.6 Å². The topological polar surface area (TPSA) is 87.1 Å². The highest BCUT2D eigenvalue weighted by Gasteiger charge is 2.26. The average molecular weight is 453 g/mol. The molecule has 1 aliphatic carbocycles. The van der Waals surface area contributed by atoms with Gasteiger partial charge < -0.3 is 15.7 Å². The predicted octanol–water partition coefficient (Wildman–Crippen LogP) is 5.02. The number of aromatic nitrogens is 2. The van der Waals surface area contributed by atoms with E-state index in [9.17, 15) is 18.7 Å². The molecule has 0 saturated heterocycles. The van der Waals surface area contributed by atoms with Crippen LogP contribution in [0.4, 0.5) is 14.5 Å². The number of nitrogens with zero attached hydrogens (tertiary/aromatic N) is 2. The zero-order valence-electron chi connectivity index (χ0n) is 18.3. The number of rotatable bonds is 6. The fraction of sp³-hybridized carbons (Fsp3) is 0.320. The minimum atomic E-state index is -0.827. The van der Waals surface area contributed by atoms with E-state index in [-0.39, 0.29) is 22.9 Å². The number of halogens is 2. The molecule has 0 bridgehead atoms. The van der Waals surface area contributed by atoms with Crippen molar-refractivity contribution < 1.29 is 18.7 Å². The summed E-state index contributed by atoms with van der Waals surface area (Å²) in [6.07, 6.45) is 7.37. The Balaban J connectivity index is 1.60. The smallest absolute Gasteiger partial charge is 0.277 e. The highest BCUT2D eigenvalue weighted by molar-refractivity contribution is 6.03. The molecule has 2 unspecified atom stereocenters. The number of carbonyl (C=O) groups excluding carboxylic acids is 1. The van der Waals surface area contributed by atoms with Crippen molar-refractivity contribution in [2.75, 3.05) is 11.9 Å². The number of aromatic hydroxyl groups is 1. The normalized spacial score (nSPS) is 18.2. The first-order valence-electron chi connectivity index (χ1n) is 11.1. The molecule has 2 aromatic heterocycles. The summed E-state index contributed by atoms with van der Waals surface area (Å²) in [7, 11) is 0. The maximum absolute atomic E-state index is 14.5. The van der Waals surface area contributed by atoms with Gasteiger partial charge in [0.15, 0.2) is 11.5 Å². The number of hydrogen-bond donors (Lipinski definition) is 3. The Kier molecular flexibility index (Phi) is 6.93. The van der Waals surface area contributed by atoms with E-state index in [4.69, 9.17) is 0 Å². The Hall–Kier alpha value is -3.39. The van der Waals surface area contributed by atoms with Crippen LogP contribution in [0, 0.1) is 11.6 Å². The first-order valence-corrected chi connectivity index (χ1v) is 11.1. The number of phenolic OH excluding ortho intramolecular Hbond substituents is 1.